The summed E-state index contributed by atoms with van der Waals surface area (Å²) < 4.78 is 5.17. The summed E-state index contributed by atoms with van der Waals surface area (Å²) in [5.41, 5.74) is 3.62. The van der Waals surface area contributed by atoms with Crippen LogP contribution >= 0.6 is 0 Å². The van der Waals surface area contributed by atoms with Crippen LogP contribution in [0.4, 0.5) is 5.69 Å². The summed E-state index contributed by atoms with van der Waals surface area (Å²) in [5.74, 6) is 0.963. The average molecular weight is 324 g/mol. The zero-order chi connectivity index (χ0) is 17.1. The van der Waals surface area contributed by atoms with E-state index in [1.54, 1.807) is 12.0 Å². The molecule has 1 heterocycles. The number of anilines is 1. The lowest BCUT2D eigenvalue weighted by molar-refractivity contribution is -0.129. The SMILES string of the molecule is COc1ccc(CN(C)C(=O)CN2c3ccccc3CC2C)cc1. The first kappa shape index (κ1) is 16.4. The number of methoxy groups -OCH3 is 1. The molecule has 4 nitrogen and oxygen atoms in total. The number of likely N-dealkylation sites (N-methyl/N-ethyl adjacent to an activating group) is 1. The molecule has 0 fully saturated rings. The predicted octanol–water partition coefficient (Wildman–Crippen LogP) is 3.10. The molecule has 0 saturated carbocycles. The van der Waals surface area contributed by atoms with Gasteiger partial charge in [-0.3, -0.25) is 4.79 Å². The molecule has 0 bridgehead atoms. The highest BCUT2D eigenvalue weighted by atomic mass is 16.5. The number of ether oxygens (including phenoxy) is 1. The molecule has 0 N–H and O–H groups in total. The molecule has 4 heteroatoms. The second-order valence-corrected chi connectivity index (χ2v) is 6.41. The molecule has 1 unspecified atom stereocenters. The van der Waals surface area contributed by atoms with Crippen molar-refractivity contribution >= 4 is 11.6 Å². The maximum atomic E-state index is 12.6. The van der Waals surface area contributed by atoms with E-state index in [1.165, 1.54) is 11.3 Å². The van der Waals surface area contributed by atoms with Gasteiger partial charge in [-0.15, -0.1) is 0 Å². The largest absolute Gasteiger partial charge is 0.497 e. The van der Waals surface area contributed by atoms with Crippen LogP contribution in [-0.2, 0) is 17.8 Å². The minimum absolute atomic E-state index is 0.134. The number of nitrogens with zero attached hydrogens (tertiary/aromatic N) is 2. The Morgan fingerprint density at radius 3 is 2.62 bits per heavy atom. The van der Waals surface area contributed by atoms with Gasteiger partial charge in [0, 0.05) is 25.3 Å². The molecule has 2 aromatic rings. The van der Waals surface area contributed by atoms with Crippen LogP contribution in [0.1, 0.15) is 18.1 Å². The quantitative estimate of drug-likeness (QED) is 0.847. The monoisotopic (exact) mass is 324 g/mol. The summed E-state index contributed by atoms with van der Waals surface area (Å²) >= 11 is 0. The number of hydrogen-bond donors (Lipinski definition) is 0. The molecular formula is C20H24N2O2. The Bertz CT molecular complexity index is 712. The molecule has 2 aromatic carbocycles. The highest BCUT2D eigenvalue weighted by Gasteiger charge is 2.27. The fraction of sp³-hybridized carbons (Fsp3) is 0.350. The Balaban J connectivity index is 1.64. The van der Waals surface area contributed by atoms with Gasteiger partial charge in [-0.2, -0.15) is 0 Å². The van der Waals surface area contributed by atoms with Crippen LogP contribution in [-0.4, -0.2) is 37.6 Å². The van der Waals surface area contributed by atoms with Crippen LogP contribution in [0.25, 0.3) is 0 Å². The number of benzene rings is 2. The predicted molar refractivity (Wildman–Crippen MR) is 96.4 cm³/mol. The standard InChI is InChI=1S/C20H24N2O2/c1-15-12-17-6-4-5-7-19(17)22(15)14-20(23)21(2)13-16-8-10-18(24-3)11-9-16/h4-11,15H,12-14H2,1-3H3. The first-order chi connectivity index (χ1) is 11.6. The number of carbonyl (C=O) groups excluding carboxylic acids is 1. The molecule has 3 rings (SSSR count). The smallest absolute Gasteiger partial charge is 0.242 e. The van der Waals surface area contributed by atoms with Gasteiger partial charge in [0.05, 0.1) is 13.7 Å². The van der Waals surface area contributed by atoms with Gasteiger partial charge in [0.15, 0.2) is 0 Å². The third-order valence-corrected chi connectivity index (χ3v) is 4.66. The van der Waals surface area contributed by atoms with Crippen LogP contribution in [0.2, 0.25) is 0 Å². The number of rotatable bonds is 5. The Labute approximate surface area is 143 Å². The van der Waals surface area contributed by atoms with Gasteiger partial charge in [0.2, 0.25) is 5.91 Å². The summed E-state index contributed by atoms with van der Waals surface area (Å²) in [7, 11) is 3.51. The Hall–Kier alpha value is -2.49. The van der Waals surface area contributed by atoms with Crippen LogP contribution in [0.3, 0.4) is 0 Å². The third-order valence-electron chi connectivity index (χ3n) is 4.66. The Morgan fingerprint density at radius 2 is 1.92 bits per heavy atom. The topological polar surface area (TPSA) is 32.8 Å². The summed E-state index contributed by atoms with van der Waals surface area (Å²) in [6.07, 6.45) is 1.01. The molecule has 126 valence electrons. The summed E-state index contributed by atoms with van der Waals surface area (Å²) in [5, 5.41) is 0. The van der Waals surface area contributed by atoms with Gasteiger partial charge >= 0.3 is 0 Å². The third kappa shape index (κ3) is 3.37. The first-order valence-corrected chi connectivity index (χ1v) is 8.30. The average Bonchev–Trinajstić information content (AvgIpc) is 2.91. The molecule has 1 amide bonds. The van der Waals surface area contributed by atoms with Crippen molar-refractivity contribution in [1.29, 1.82) is 0 Å². The van der Waals surface area contributed by atoms with E-state index in [2.05, 4.69) is 30.0 Å². The van der Waals surface area contributed by atoms with E-state index in [4.69, 9.17) is 4.74 Å². The van der Waals surface area contributed by atoms with E-state index >= 15 is 0 Å². The molecule has 1 aliphatic heterocycles. The number of hydrogen-bond acceptors (Lipinski definition) is 3. The van der Waals surface area contributed by atoms with E-state index in [0.29, 0.717) is 19.1 Å². The lowest BCUT2D eigenvalue weighted by atomic mass is 10.1. The van der Waals surface area contributed by atoms with Crippen molar-refractivity contribution < 1.29 is 9.53 Å². The van der Waals surface area contributed by atoms with Crippen molar-refractivity contribution in [3.05, 3.63) is 59.7 Å². The second kappa shape index (κ2) is 6.95. The zero-order valence-corrected chi connectivity index (χ0v) is 14.5. The minimum Gasteiger partial charge on any atom is -0.497 e. The normalized spacial score (nSPS) is 16.0. The fourth-order valence-corrected chi connectivity index (χ4v) is 3.23. The number of para-hydroxylation sites is 1. The zero-order valence-electron chi connectivity index (χ0n) is 14.5. The van der Waals surface area contributed by atoms with Crippen molar-refractivity contribution in [2.45, 2.75) is 25.9 Å². The van der Waals surface area contributed by atoms with E-state index in [9.17, 15) is 4.79 Å². The lowest BCUT2D eigenvalue weighted by Crippen LogP contribution is -2.40. The molecular weight excluding hydrogens is 300 g/mol. The Kier molecular flexibility index (Phi) is 4.74. The summed E-state index contributed by atoms with van der Waals surface area (Å²) in [6, 6.07) is 16.6. The summed E-state index contributed by atoms with van der Waals surface area (Å²) in [6.45, 7) is 3.20. The second-order valence-electron chi connectivity index (χ2n) is 6.41. The van der Waals surface area contributed by atoms with Crippen LogP contribution in [0, 0.1) is 0 Å². The van der Waals surface area contributed by atoms with E-state index in [0.717, 1.165) is 17.7 Å². The van der Waals surface area contributed by atoms with Gasteiger partial charge < -0.3 is 14.5 Å². The van der Waals surface area contributed by atoms with Crippen LogP contribution in [0.5, 0.6) is 5.75 Å². The highest BCUT2D eigenvalue weighted by molar-refractivity contribution is 5.82. The first-order valence-electron chi connectivity index (χ1n) is 8.30. The van der Waals surface area contributed by atoms with Crippen molar-refractivity contribution in [2.24, 2.45) is 0 Å². The van der Waals surface area contributed by atoms with Crippen molar-refractivity contribution in [3.8, 4) is 5.75 Å². The van der Waals surface area contributed by atoms with Crippen molar-refractivity contribution in [3.63, 3.8) is 0 Å². The molecule has 0 saturated heterocycles. The van der Waals surface area contributed by atoms with E-state index in [-0.39, 0.29) is 5.91 Å². The van der Waals surface area contributed by atoms with Gasteiger partial charge in [-0.25, -0.2) is 0 Å². The van der Waals surface area contributed by atoms with Gasteiger partial charge in [-0.1, -0.05) is 30.3 Å². The minimum atomic E-state index is 0.134. The lowest BCUT2D eigenvalue weighted by Gasteiger charge is -2.27. The van der Waals surface area contributed by atoms with Crippen molar-refractivity contribution in [2.75, 3.05) is 25.6 Å². The van der Waals surface area contributed by atoms with Crippen LogP contribution < -0.4 is 9.64 Å². The maximum absolute atomic E-state index is 12.6. The fourth-order valence-electron chi connectivity index (χ4n) is 3.23. The highest BCUT2D eigenvalue weighted by Crippen LogP contribution is 2.31. The molecule has 24 heavy (non-hydrogen) atoms. The number of amides is 1. The Morgan fingerprint density at radius 1 is 1.21 bits per heavy atom. The van der Waals surface area contributed by atoms with E-state index in [1.807, 2.05) is 37.4 Å². The van der Waals surface area contributed by atoms with Crippen LogP contribution in [0.15, 0.2) is 48.5 Å². The molecule has 1 atom stereocenters. The van der Waals surface area contributed by atoms with Crippen molar-refractivity contribution in [1.82, 2.24) is 4.90 Å². The molecule has 0 aliphatic carbocycles. The summed E-state index contributed by atoms with van der Waals surface area (Å²) in [4.78, 5) is 16.6. The molecule has 0 radical (unpaired) electrons. The van der Waals surface area contributed by atoms with Gasteiger partial charge in [0.1, 0.15) is 5.75 Å². The molecule has 0 aromatic heterocycles. The number of carbonyl (C=O) groups is 1. The number of fused-ring (bicyclic) bond motifs is 1. The van der Waals surface area contributed by atoms with Gasteiger partial charge in [-0.05, 0) is 42.7 Å². The molecule has 0 spiro atoms. The van der Waals surface area contributed by atoms with Gasteiger partial charge in [0.25, 0.3) is 0 Å². The van der Waals surface area contributed by atoms with E-state index < -0.39 is 0 Å². The molecule has 1 aliphatic rings. The maximum Gasteiger partial charge on any atom is 0.242 e.